The zero-order valence-corrected chi connectivity index (χ0v) is 13.0. The summed E-state index contributed by atoms with van der Waals surface area (Å²) < 4.78 is 0. The lowest BCUT2D eigenvalue weighted by atomic mass is 9.98. The van der Waals surface area contributed by atoms with Crippen molar-refractivity contribution >= 4 is 23.6 Å². The Morgan fingerprint density at radius 3 is 2.52 bits per heavy atom. The fraction of sp³-hybridized carbons (Fsp3) is 0.211. The van der Waals surface area contributed by atoms with Crippen LogP contribution >= 0.6 is 11.8 Å². The van der Waals surface area contributed by atoms with Gasteiger partial charge in [-0.05, 0) is 54.9 Å². The first-order chi connectivity index (χ1) is 10.3. The van der Waals surface area contributed by atoms with Gasteiger partial charge in [-0.2, -0.15) is 0 Å². The molecular formula is C19H18OS. The first-order valence-corrected chi connectivity index (χ1v) is 8.47. The van der Waals surface area contributed by atoms with Crippen LogP contribution < -0.4 is 0 Å². The molecule has 2 aromatic rings. The average molecular weight is 294 g/mol. The van der Waals surface area contributed by atoms with Crippen molar-refractivity contribution < 1.29 is 4.79 Å². The maximum Gasteiger partial charge on any atom is 0.189 e. The molecule has 0 atom stereocenters. The summed E-state index contributed by atoms with van der Waals surface area (Å²) in [7, 11) is 0. The van der Waals surface area contributed by atoms with E-state index in [1.165, 1.54) is 10.5 Å². The quantitative estimate of drug-likeness (QED) is 0.440. The van der Waals surface area contributed by atoms with Crippen molar-refractivity contribution in [3.8, 4) is 0 Å². The molecule has 0 unspecified atom stereocenters. The highest BCUT2D eigenvalue weighted by molar-refractivity contribution is 7.98. The van der Waals surface area contributed by atoms with Crippen LogP contribution in [0.1, 0.15) is 34.3 Å². The highest BCUT2D eigenvalue weighted by Gasteiger charge is 2.19. The fourth-order valence-corrected chi connectivity index (χ4v) is 3.16. The summed E-state index contributed by atoms with van der Waals surface area (Å²) in [5, 5.41) is 0. The number of carbonyl (C=O) groups is 1. The van der Waals surface area contributed by atoms with Crippen molar-refractivity contribution in [2.75, 3.05) is 6.26 Å². The molecule has 0 heterocycles. The number of hydrogen-bond acceptors (Lipinski definition) is 2. The van der Waals surface area contributed by atoms with Gasteiger partial charge in [0.1, 0.15) is 0 Å². The van der Waals surface area contributed by atoms with Gasteiger partial charge < -0.3 is 0 Å². The van der Waals surface area contributed by atoms with Crippen LogP contribution in [0.5, 0.6) is 0 Å². The zero-order valence-electron chi connectivity index (χ0n) is 12.1. The van der Waals surface area contributed by atoms with Crippen LogP contribution in [0.25, 0.3) is 6.08 Å². The van der Waals surface area contributed by atoms with E-state index < -0.39 is 0 Å². The standard InChI is InChI=1S/C19H18OS/c1-21-17-11-9-14(10-12-17)13-16-7-4-6-15-5-2-3-8-18(15)19(16)20/h2-3,5,8-13H,4,6-7H2,1H3/b16-13+. The van der Waals surface area contributed by atoms with Crippen LogP contribution in [0.3, 0.4) is 0 Å². The number of rotatable bonds is 2. The van der Waals surface area contributed by atoms with Gasteiger partial charge in [0.25, 0.3) is 0 Å². The summed E-state index contributed by atoms with van der Waals surface area (Å²) in [6, 6.07) is 16.4. The van der Waals surface area contributed by atoms with Crippen LogP contribution in [0.4, 0.5) is 0 Å². The van der Waals surface area contributed by atoms with Gasteiger partial charge in [-0.15, -0.1) is 11.8 Å². The largest absolute Gasteiger partial charge is 0.289 e. The Hall–Kier alpha value is -1.80. The minimum absolute atomic E-state index is 0.192. The second-order valence-electron chi connectivity index (χ2n) is 5.28. The molecule has 1 aliphatic rings. The molecule has 0 fully saturated rings. The number of allylic oxidation sites excluding steroid dienone is 1. The average Bonchev–Trinajstić information content (AvgIpc) is 2.69. The number of hydrogen-bond donors (Lipinski definition) is 0. The van der Waals surface area contributed by atoms with Gasteiger partial charge in [-0.25, -0.2) is 0 Å². The van der Waals surface area contributed by atoms with E-state index in [9.17, 15) is 4.79 Å². The number of aryl methyl sites for hydroxylation is 1. The summed E-state index contributed by atoms with van der Waals surface area (Å²) in [5.74, 6) is 0.192. The highest BCUT2D eigenvalue weighted by Crippen LogP contribution is 2.26. The first-order valence-electron chi connectivity index (χ1n) is 7.25. The Morgan fingerprint density at radius 1 is 1.00 bits per heavy atom. The molecule has 3 rings (SSSR count). The Labute approximate surface area is 130 Å². The van der Waals surface area contributed by atoms with Crippen LogP contribution in [-0.2, 0) is 6.42 Å². The van der Waals surface area contributed by atoms with Gasteiger partial charge in [0.15, 0.2) is 5.78 Å². The Bertz CT molecular complexity index is 683. The van der Waals surface area contributed by atoms with Crippen LogP contribution in [0.15, 0.2) is 59.0 Å². The molecule has 0 radical (unpaired) electrons. The number of carbonyl (C=O) groups excluding carboxylic acids is 1. The van der Waals surface area contributed by atoms with E-state index in [1.807, 2.05) is 18.2 Å². The molecule has 0 bridgehead atoms. The molecule has 0 aliphatic heterocycles. The molecule has 2 heteroatoms. The summed E-state index contributed by atoms with van der Waals surface area (Å²) in [6.07, 6.45) is 7.01. The van der Waals surface area contributed by atoms with Crippen molar-refractivity contribution in [2.24, 2.45) is 0 Å². The molecule has 1 aliphatic carbocycles. The molecule has 0 saturated heterocycles. The minimum Gasteiger partial charge on any atom is -0.289 e. The third-order valence-electron chi connectivity index (χ3n) is 3.90. The Balaban J connectivity index is 1.94. The Morgan fingerprint density at radius 2 is 1.76 bits per heavy atom. The van der Waals surface area contributed by atoms with E-state index in [-0.39, 0.29) is 5.78 Å². The van der Waals surface area contributed by atoms with E-state index >= 15 is 0 Å². The molecule has 0 aromatic heterocycles. The van der Waals surface area contributed by atoms with E-state index in [1.54, 1.807) is 11.8 Å². The van der Waals surface area contributed by atoms with Crippen LogP contribution in [0.2, 0.25) is 0 Å². The molecule has 21 heavy (non-hydrogen) atoms. The highest BCUT2D eigenvalue weighted by atomic mass is 32.2. The van der Waals surface area contributed by atoms with Gasteiger partial charge in [-0.3, -0.25) is 4.79 Å². The lowest BCUT2D eigenvalue weighted by Crippen LogP contribution is -2.03. The second-order valence-corrected chi connectivity index (χ2v) is 6.16. The number of benzene rings is 2. The third-order valence-corrected chi connectivity index (χ3v) is 4.65. The molecule has 106 valence electrons. The monoisotopic (exact) mass is 294 g/mol. The number of thioether (sulfide) groups is 1. The van der Waals surface area contributed by atoms with Gasteiger partial charge in [0.2, 0.25) is 0 Å². The van der Waals surface area contributed by atoms with Crippen LogP contribution in [-0.4, -0.2) is 12.0 Å². The molecular weight excluding hydrogens is 276 g/mol. The molecule has 0 spiro atoms. The van der Waals surface area contributed by atoms with Gasteiger partial charge >= 0.3 is 0 Å². The zero-order chi connectivity index (χ0) is 14.7. The van der Waals surface area contributed by atoms with E-state index in [0.717, 1.165) is 36.0 Å². The topological polar surface area (TPSA) is 17.1 Å². The summed E-state index contributed by atoms with van der Waals surface area (Å²) in [4.78, 5) is 13.9. The van der Waals surface area contributed by atoms with E-state index in [4.69, 9.17) is 0 Å². The molecule has 0 saturated carbocycles. The second kappa shape index (κ2) is 6.31. The lowest BCUT2D eigenvalue weighted by Gasteiger charge is -2.05. The van der Waals surface area contributed by atoms with Crippen molar-refractivity contribution in [1.29, 1.82) is 0 Å². The normalized spacial score (nSPS) is 16.6. The summed E-state index contributed by atoms with van der Waals surface area (Å²) in [5.41, 5.74) is 4.10. The van der Waals surface area contributed by atoms with Crippen molar-refractivity contribution in [1.82, 2.24) is 0 Å². The molecule has 0 amide bonds. The number of Topliss-reactive ketones (excluding diaryl/α,β-unsaturated/α-hetero) is 1. The lowest BCUT2D eigenvalue weighted by molar-refractivity contribution is 0.103. The summed E-state index contributed by atoms with van der Waals surface area (Å²) >= 11 is 1.73. The predicted molar refractivity (Wildman–Crippen MR) is 89.9 cm³/mol. The van der Waals surface area contributed by atoms with Crippen LogP contribution in [0, 0.1) is 0 Å². The Kier molecular flexibility index (Phi) is 4.26. The van der Waals surface area contributed by atoms with Gasteiger partial charge in [0.05, 0.1) is 0 Å². The maximum absolute atomic E-state index is 12.7. The van der Waals surface area contributed by atoms with E-state index in [0.29, 0.717) is 0 Å². The summed E-state index contributed by atoms with van der Waals surface area (Å²) in [6.45, 7) is 0. The van der Waals surface area contributed by atoms with Crippen molar-refractivity contribution in [3.63, 3.8) is 0 Å². The van der Waals surface area contributed by atoms with Gasteiger partial charge in [-0.1, -0.05) is 36.4 Å². The SMILES string of the molecule is CSc1ccc(/C=C2\CCCc3ccccc3C2=O)cc1. The van der Waals surface area contributed by atoms with Crippen molar-refractivity contribution in [3.05, 3.63) is 70.8 Å². The molecule has 0 N–H and O–H groups in total. The van der Waals surface area contributed by atoms with E-state index in [2.05, 4.69) is 42.7 Å². The molecule has 2 aromatic carbocycles. The number of fused-ring (bicyclic) bond motifs is 1. The minimum atomic E-state index is 0.192. The smallest absolute Gasteiger partial charge is 0.189 e. The van der Waals surface area contributed by atoms with Gasteiger partial charge in [0, 0.05) is 16.0 Å². The van der Waals surface area contributed by atoms with Crippen molar-refractivity contribution in [2.45, 2.75) is 24.2 Å². The first kappa shape index (κ1) is 14.2. The number of ketones is 1. The maximum atomic E-state index is 12.7. The third kappa shape index (κ3) is 3.11. The molecule has 1 nitrogen and oxygen atoms in total. The fourth-order valence-electron chi connectivity index (χ4n) is 2.75. The predicted octanol–water partition coefficient (Wildman–Crippen LogP) is 5.01.